The summed E-state index contributed by atoms with van der Waals surface area (Å²) in [6.45, 7) is 3.78. The molecule has 0 aliphatic rings. The molecule has 27 heavy (non-hydrogen) atoms. The second-order valence-corrected chi connectivity index (χ2v) is 7.93. The second kappa shape index (κ2) is 7.72. The van der Waals surface area contributed by atoms with Gasteiger partial charge >= 0.3 is 0 Å². The molecule has 140 valence electrons. The number of anilines is 3. The average Bonchev–Trinajstić information content (AvgIpc) is 2.63. The van der Waals surface area contributed by atoms with Gasteiger partial charge in [0, 0.05) is 11.4 Å². The highest BCUT2D eigenvalue weighted by Gasteiger charge is 2.16. The summed E-state index contributed by atoms with van der Waals surface area (Å²) in [5, 5.41) is 3.29. The van der Waals surface area contributed by atoms with Crippen molar-refractivity contribution in [2.24, 2.45) is 0 Å². The fourth-order valence-corrected chi connectivity index (χ4v) is 4.07. The molecule has 0 fully saturated rings. The van der Waals surface area contributed by atoms with E-state index in [1.54, 1.807) is 44.4 Å². The number of hydrogen-bond acceptors (Lipinski definition) is 4. The molecule has 3 aromatic carbocycles. The molecular formula is C21H22N2O3S. The molecule has 3 rings (SSSR count). The molecule has 0 saturated carbocycles. The summed E-state index contributed by atoms with van der Waals surface area (Å²) in [6.07, 6.45) is 0. The van der Waals surface area contributed by atoms with Crippen molar-refractivity contribution >= 4 is 27.1 Å². The van der Waals surface area contributed by atoms with Crippen molar-refractivity contribution in [3.05, 3.63) is 77.9 Å². The third-order valence-electron chi connectivity index (χ3n) is 4.15. The van der Waals surface area contributed by atoms with Gasteiger partial charge in [-0.05, 0) is 67.4 Å². The highest BCUT2D eigenvalue weighted by atomic mass is 32.2. The van der Waals surface area contributed by atoms with Crippen LogP contribution >= 0.6 is 0 Å². The standard InChI is InChI=1S/C21H22N2O3S/c1-15-8-13-20(26-3)19(14-15)22-17-9-11-18(12-10-17)23-27(24,25)21-7-5-4-6-16(21)2/h4-14,22-23H,1-3H3. The molecule has 0 aliphatic heterocycles. The minimum Gasteiger partial charge on any atom is -0.495 e. The van der Waals surface area contributed by atoms with E-state index in [0.717, 1.165) is 22.7 Å². The number of aryl methyl sites for hydroxylation is 2. The van der Waals surface area contributed by atoms with E-state index in [-0.39, 0.29) is 4.90 Å². The molecule has 0 aromatic heterocycles. The number of methoxy groups -OCH3 is 1. The Bertz CT molecular complexity index is 1050. The molecule has 0 heterocycles. The number of ether oxygens (including phenoxy) is 1. The van der Waals surface area contributed by atoms with Gasteiger partial charge in [-0.1, -0.05) is 24.3 Å². The first-order valence-electron chi connectivity index (χ1n) is 8.49. The summed E-state index contributed by atoms with van der Waals surface area (Å²) in [7, 11) is -2.00. The summed E-state index contributed by atoms with van der Waals surface area (Å²) >= 11 is 0. The van der Waals surface area contributed by atoms with Gasteiger partial charge in [0.25, 0.3) is 10.0 Å². The molecule has 0 aliphatic carbocycles. The van der Waals surface area contributed by atoms with E-state index in [4.69, 9.17) is 4.74 Å². The molecule has 0 spiro atoms. The van der Waals surface area contributed by atoms with Crippen molar-refractivity contribution in [3.8, 4) is 5.75 Å². The first-order valence-corrected chi connectivity index (χ1v) is 9.97. The Morgan fingerprint density at radius 1 is 0.852 bits per heavy atom. The molecule has 0 amide bonds. The predicted octanol–water partition coefficient (Wildman–Crippen LogP) is 4.86. The van der Waals surface area contributed by atoms with Gasteiger partial charge < -0.3 is 10.1 Å². The van der Waals surface area contributed by atoms with Gasteiger partial charge in [-0.15, -0.1) is 0 Å². The summed E-state index contributed by atoms with van der Waals surface area (Å²) in [5.74, 6) is 0.741. The zero-order valence-corrected chi connectivity index (χ0v) is 16.3. The summed E-state index contributed by atoms with van der Waals surface area (Å²) in [4.78, 5) is 0.275. The maximum Gasteiger partial charge on any atom is 0.262 e. The molecule has 2 N–H and O–H groups in total. The van der Waals surface area contributed by atoms with E-state index in [0.29, 0.717) is 11.3 Å². The van der Waals surface area contributed by atoms with Gasteiger partial charge in [0.05, 0.1) is 17.7 Å². The van der Waals surface area contributed by atoms with Crippen LogP contribution in [0.3, 0.4) is 0 Å². The predicted molar refractivity (Wildman–Crippen MR) is 109 cm³/mol. The fraction of sp³-hybridized carbons (Fsp3) is 0.143. The monoisotopic (exact) mass is 382 g/mol. The lowest BCUT2D eigenvalue weighted by Gasteiger charge is -2.13. The Morgan fingerprint density at radius 2 is 1.52 bits per heavy atom. The molecule has 6 heteroatoms. The van der Waals surface area contributed by atoms with Gasteiger partial charge in [-0.25, -0.2) is 8.42 Å². The number of benzene rings is 3. The van der Waals surface area contributed by atoms with Crippen LogP contribution < -0.4 is 14.8 Å². The van der Waals surface area contributed by atoms with Gasteiger partial charge in [-0.2, -0.15) is 0 Å². The normalized spacial score (nSPS) is 11.1. The second-order valence-electron chi connectivity index (χ2n) is 6.28. The largest absolute Gasteiger partial charge is 0.495 e. The van der Waals surface area contributed by atoms with Crippen LogP contribution in [0.1, 0.15) is 11.1 Å². The van der Waals surface area contributed by atoms with Crippen LogP contribution in [0, 0.1) is 13.8 Å². The minimum atomic E-state index is -3.62. The summed E-state index contributed by atoms with van der Waals surface area (Å²) in [6, 6.07) is 19.9. The Labute approximate surface area is 160 Å². The molecule has 5 nitrogen and oxygen atoms in total. The number of sulfonamides is 1. The molecule has 0 atom stereocenters. The lowest BCUT2D eigenvalue weighted by atomic mass is 10.2. The van der Waals surface area contributed by atoms with Gasteiger partial charge in [0.2, 0.25) is 0 Å². The maximum absolute atomic E-state index is 12.6. The van der Waals surface area contributed by atoms with Crippen LogP contribution in [0.5, 0.6) is 5.75 Å². The Morgan fingerprint density at radius 3 is 2.19 bits per heavy atom. The number of nitrogens with one attached hydrogen (secondary N) is 2. The maximum atomic E-state index is 12.6. The molecule has 0 bridgehead atoms. The van der Waals surface area contributed by atoms with Gasteiger partial charge in [0.1, 0.15) is 5.75 Å². The Kier molecular flexibility index (Phi) is 5.37. The van der Waals surface area contributed by atoms with Gasteiger partial charge in [0.15, 0.2) is 0 Å². The zero-order chi connectivity index (χ0) is 19.4. The highest BCUT2D eigenvalue weighted by molar-refractivity contribution is 7.92. The van der Waals surface area contributed by atoms with Crippen LogP contribution in [0.25, 0.3) is 0 Å². The lowest BCUT2D eigenvalue weighted by Crippen LogP contribution is -2.14. The van der Waals surface area contributed by atoms with E-state index in [1.165, 1.54) is 0 Å². The molecular weight excluding hydrogens is 360 g/mol. The van der Waals surface area contributed by atoms with Crippen molar-refractivity contribution in [3.63, 3.8) is 0 Å². The van der Waals surface area contributed by atoms with E-state index in [9.17, 15) is 8.42 Å². The van der Waals surface area contributed by atoms with Crippen molar-refractivity contribution < 1.29 is 13.2 Å². The average molecular weight is 382 g/mol. The molecule has 0 saturated heterocycles. The third-order valence-corrected chi connectivity index (χ3v) is 5.70. The number of rotatable bonds is 6. The smallest absolute Gasteiger partial charge is 0.262 e. The van der Waals surface area contributed by atoms with Crippen molar-refractivity contribution in [1.29, 1.82) is 0 Å². The summed E-state index contributed by atoms with van der Waals surface area (Å²) < 4.78 is 33.1. The van der Waals surface area contributed by atoms with Crippen LogP contribution in [0.4, 0.5) is 17.1 Å². The van der Waals surface area contributed by atoms with E-state index in [1.807, 2.05) is 43.3 Å². The van der Waals surface area contributed by atoms with E-state index >= 15 is 0 Å². The quantitative estimate of drug-likeness (QED) is 0.639. The first kappa shape index (κ1) is 18.8. The van der Waals surface area contributed by atoms with Crippen LogP contribution in [0.15, 0.2) is 71.6 Å². The van der Waals surface area contributed by atoms with Crippen LogP contribution in [-0.4, -0.2) is 15.5 Å². The van der Waals surface area contributed by atoms with Crippen molar-refractivity contribution in [1.82, 2.24) is 0 Å². The summed E-state index contributed by atoms with van der Waals surface area (Å²) in [5.41, 5.74) is 4.00. The SMILES string of the molecule is COc1ccc(C)cc1Nc1ccc(NS(=O)(=O)c2ccccc2C)cc1. The topological polar surface area (TPSA) is 67.4 Å². The van der Waals surface area contributed by atoms with Crippen LogP contribution in [-0.2, 0) is 10.0 Å². The minimum absolute atomic E-state index is 0.275. The first-order chi connectivity index (χ1) is 12.9. The molecule has 3 aromatic rings. The third kappa shape index (κ3) is 4.41. The Balaban J connectivity index is 1.78. The van der Waals surface area contributed by atoms with Crippen LogP contribution in [0.2, 0.25) is 0 Å². The van der Waals surface area contributed by atoms with Gasteiger partial charge in [-0.3, -0.25) is 4.72 Å². The Hall–Kier alpha value is -2.99. The van der Waals surface area contributed by atoms with E-state index < -0.39 is 10.0 Å². The van der Waals surface area contributed by atoms with Crippen molar-refractivity contribution in [2.75, 3.05) is 17.1 Å². The molecule has 0 unspecified atom stereocenters. The molecule has 0 radical (unpaired) electrons. The lowest BCUT2D eigenvalue weighted by molar-refractivity contribution is 0.416. The highest BCUT2D eigenvalue weighted by Crippen LogP contribution is 2.29. The fourth-order valence-electron chi connectivity index (χ4n) is 2.76. The number of hydrogen-bond donors (Lipinski definition) is 2. The van der Waals surface area contributed by atoms with E-state index in [2.05, 4.69) is 10.0 Å². The van der Waals surface area contributed by atoms with Crippen molar-refractivity contribution in [2.45, 2.75) is 18.7 Å². The zero-order valence-electron chi connectivity index (χ0n) is 15.5.